The minimum absolute atomic E-state index is 0.00651. The molecule has 0 saturated heterocycles. The van der Waals surface area contributed by atoms with Gasteiger partial charge in [0.25, 0.3) is 17.1 Å². The van der Waals surface area contributed by atoms with Crippen molar-refractivity contribution in [2.24, 2.45) is 0 Å². The Morgan fingerprint density at radius 3 is 1.15 bits per heavy atom. The van der Waals surface area contributed by atoms with Gasteiger partial charge in [-0.3, -0.25) is 28.4 Å². The van der Waals surface area contributed by atoms with E-state index in [1.54, 1.807) is 113 Å². The van der Waals surface area contributed by atoms with Gasteiger partial charge in [-0.2, -0.15) is 44.8 Å². The fourth-order valence-electron chi connectivity index (χ4n) is 13.7. The summed E-state index contributed by atoms with van der Waals surface area (Å²) >= 11 is 0. The first kappa shape index (κ1) is 66.1. The van der Waals surface area contributed by atoms with E-state index in [4.69, 9.17) is 15.3 Å². The number of aromatic nitrogens is 15. The molecule has 27 nitrogen and oxygen atoms in total. The Hall–Kier alpha value is -11.2. The van der Waals surface area contributed by atoms with Crippen molar-refractivity contribution < 1.29 is 43.9 Å². The van der Waals surface area contributed by atoms with E-state index in [0.29, 0.717) is 60.7 Å². The maximum absolute atomic E-state index is 13.2. The van der Waals surface area contributed by atoms with E-state index >= 15 is 0 Å². The van der Waals surface area contributed by atoms with Gasteiger partial charge in [-0.1, -0.05) is 13.8 Å². The second kappa shape index (κ2) is 28.4. The number of fused-ring (bicyclic) bond motifs is 3. The predicted molar refractivity (Wildman–Crippen MR) is 372 cm³/mol. The summed E-state index contributed by atoms with van der Waals surface area (Å²) in [5.41, 5.74) is 7.74. The van der Waals surface area contributed by atoms with E-state index in [0.717, 1.165) is 127 Å². The molecule has 4 saturated carbocycles. The number of hydrogen-bond donors (Lipinski definition) is 6. The summed E-state index contributed by atoms with van der Waals surface area (Å²) in [6.07, 6.45) is 27.5. The number of aliphatic hydroxyl groups excluding tert-OH is 3. The molecule has 0 aliphatic heterocycles. The van der Waals surface area contributed by atoms with E-state index in [-0.39, 0.29) is 65.4 Å². The number of hydrogen-bond acceptors (Lipinski definition) is 15. The smallest absolute Gasteiger partial charge is 0.321 e. The van der Waals surface area contributed by atoms with Gasteiger partial charge in [-0.25, -0.2) is 14.0 Å². The molecule has 0 radical (unpaired) electrons. The van der Waals surface area contributed by atoms with Gasteiger partial charge in [0.2, 0.25) is 0 Å². The molecular formula is C73H78N18O9. The van der Waals surface area contributed by atoms with Gasteiger partial charge in [0, 0.05) is 127 Å². The van der Waals surface area contributed by atoms with Crippen molar-refractivity contribution in [2.75, 3.05) is 16.0 Å². The molecule has 100 heavy (non-hydrogen) atoms. The van der Waals surface area contributed by atoms with Crippen LogP contribution in [0.1, 0.15) is 182 Å². The van der Waals surface area contributed by atoms with Gasteiger partial charge in [0.05, 0.1) is 87.1 Å². The van der Waals surface area contributed by atoms with E-state index < -0.39 is 17.7 Å². The number of nitrogens with one attached hydrogen (secondary N) is 3. The third-order valence-electron chi connectivity index (χ3n) is 19.4. The first-order valence-electron chi connectivity index (χ1n) is 34.2. The van der Waals surface area contributed by atoms with Crippen LogP contribution in [0.15, 0.2) is 165 Å². The zero-order chi connectivity index (χ0) is 69.3. The van der Waals surface area contributed by atoms with E-state index in [1.807, 2.05) is 88.9 Å². The zero-order valence-corrected chi connectivity index (χ0v) is 55.6. The van der Waals surface area contributed by atoms with Crippen molar-refractivity contribution in [3.05, 3.63) is 215 Å². The normalized spacial score (nSPS) is 19.2. The summed E-state index contributed by atoms with van der Waals surface area (Å²) in [6, 6.07) is 32.3. The molecule has 3 aromatic carbocycles. The van der Waals surface area contributed by atoms with E-state index in [9.17, 15) is 45.3 Å². The standard InChI is InChI=1S/C25H26N6O3.C25H28N6O3.C23H24N6O3/c32-19-9-7-18(8-10-19)30-15-17-13-21(24(14-20(17)28-30)29-12-2-11-26-29)27-25(33)23-4-1-3-22(31(23)34)16-5-6-16;1-16(2)22-5-3-6-23(31(22)34)25(33)27-21-13-17-15-30(18-7-9-19(32)10-8-18)28-20(17)14-24(21)29-12-4-11-26-29;1-15-4-2-5-21(29(15)32)23(31)25-20-12-16-14-28(17-6-8-18(30)9-7-17)26-19(16)13-22(20)27-11-3-10-24-27/h1-4,11-16,18-19,32H,5-10H2,(H,27,33);3-6,11-16,18-19,32H,7-10H2,1-2H3,(H,27,33);2-5,10-14,17-18,30H,6-9H2,1H3,(H,25,31). The number of benzene rings is 3. The minimum atomic E-state index is -0.495. The number of aryl methyl sites for hydroxylation is 1. The highest BCUT2D eigenvalue weighted by molar-refractivity contribution is 6.06. The molecule has 12 aromatic rings. The summed E-state index contributed by atoms with van der Waals surface area (Å²) in [4.78, 5) is 39.2. The highest BCUT2D eigenvalue weighted by Gasteiger charge is 2.34. The van der Waals surface area contributed by atoms with Gasteiger partial charge in [0.15, 0.2) is 17.1 Å². The van der Waals surface area contributed by atoms with Crippen LogP contribution in [0, 0.1) is 22.5 Å². The van der Waals surface area contributed by atoms with Gasteiger partial charge in [-0.15, -0.1) is 0 Å². The molecule has 27 heteroatoms. The maximum atomic E-state index is 13.2. The van der Waals surface area contributed by atoms with Crippen LogP contribution < -0.4 is 30.1 Å². The van der Waals surface area contributed by atoms with Gasteiger partial charge in [-0.05, 0) is 163 Å². The third-order valence-corrected chi connectivity index (χ3v) is 19.4. The number of carbonyl (C=O) groups is 3. The molecule has 9 heterocycles. The lowest BCUT2D eigenvalue weighted by molar-refractivity contribution is -0.617. The van der Waals surface area contributed by atoms with Crippen LogP contribution in [0.4, 0.5) is 17.1 Å². The third kappa shape index (κ3) is 14.1. The Morgan fingerprint density at radius 2 is 0.800 bits per heavy atom. The van der Waals surface area contributed by atoms with Crippen LogP contribution in [0.25, 0.3) is 49.8 Å². The fourth-order valence-corrected chi connectivity index (χ4v) is 13.7. The molecule has 4 aliphatic rings. The van der Waals surface area contributed by atoms with Crippen LogP contribution in [-0.4, -0.2) is 110 Å². The van der Waals surface area contributed by atoms with Gasteiger partial charge >= 0.3 is 17.7 Å². The Labute approximate surface area is 574 Å². The second-order valence-electron chi connectivity index (χ2n) is 26.7. The number of carbonyl (C=O) groups excluding carboxylic acids is 3. The number of aliphatic hydroxyl groups is 3. The average molecular weight is 1350 g/mol. The summed E-state index contributed by atoms with van der Waals surface area (Å²) < 4.78 is 13.0. The number of pyridine rings is 3. The fraction of sp³-hybridized carbons (Fsp3) is 0.342. The number of anilines is 3. The molecule has 514 valence electrons. The zero-order valence-electron chi connectivity index (χ0n) is 55.6. The minimum Gasteiger partial charge on any atom is -0.618 e. The van der Waals surface area contributed by atoms with Crippen LogP contribution in [0.2, 0.25) is 0 Å². The molecule has 3 amide bonds. The predicted octanol–water partition coefficient (Wildman–Crippen LogP) is 10.1. The quantitative estimate of drug-likeness (QED) is 0.0435. The molecular weight excluding hydrogens is 1270 g/mol. The van der Waals surface area contributed by atoms with Crippen molar-refractivity contribution in [3.8, 4) is 17.1 Å². The second-order valence-corrected chi connectivity index (χ2v) is 26.7. The summed E-state index contributed by atoms with van der Waals surface area (Å²) in [7, 11) is 0. The van der Waals surface area contributed by atoms with Crippen LogP contribution >= 0.6 is 0 Å². The van der Waals surface area contributed by atoms with Crippen molar-refractivity contribution in [2.45, 2.75) is 159 Å². The molecule has 16 rings (SSSR count). The SMILES string of the molecule is CC(C)c1cccc(C(=O)Nc2cc3cn(C4CCC(O)CC4)nc3cc2-n2cccn2)[n+]1[O-].Cc1cccc(C(=O)Nc2cc3cn(C4CCC(O)CC4)nc3cc2-n2cccn2)[n+]1[O-].O=C(Nc1cc2cn(C3CCC(O)CC3)nc2cc1-n1cccn1)c1cccc(C2CC2)[n+]1[O-]. The Bertz CT molecular complexity index is 4720. The highest BCUT2D eigenvalue weighted by Crippen LogP contribution is 2.39. The van der Waals surface area contributed by atoms with Crippen molar-refractivity contribution in [1.29, 1.82) is 0 Å². The number of rotatable bonds is 14. The molecule has 9 aromatic heterocycles. The largest absolute Gasteiger partial charge is 0.618 e. The molecule has 6 N–H and O–H groups in total. The first-order chi connectivity index (χ1) is 48.5. The van der Waals surface area contributed by atoms with Gasteiger partial charge < -0.3 is 46.9 Å². The Kier molecular flexibility index (Phi) is 18.7. The average Bonchev–Trinajstić information content (AvgIpc) is 1.61. The van der Waals surface area contributed by atoms with Crippen molar-refractivity contribution in [1.82, 2.24) is 58.7 Å². The molecule has 0 bridgehead atoms. The maximum Gasteiger partial charge on any atom is 0.321 e. The van der Waals surface area contributed by atoms with E-state index in [1.165, 1.54) is 12.1 Å². The molecule has 0 unspecified atom stereocenters. The van der Waals surface area contributed by atoms with Crippen LogP contribution in [0.3, 0.4) is 0 Å². The summed E-state index contributed by atoms with van der Waals surface area (Å²) in [5.74, 6) is -1.20. The van der Waals surface area contributed by atoms with Crippen LogP contribution in [-0.2, 0) is 0 Å². The van der Waals surface area contributed by atoms with E-state index in [2.05, 4.69) is 31.2 Å². The van der Waals surface area contributed by atoms with Gasteiger partial charge in [0.1, 0.15) is 0 Å². The number of nitrogens with zero attached hydrogens (tertiary/aromatic N) is 15. The topological polar surface area (TPSA) is 336 Å². The first-order valence-corrected chi connectivity index (χ1v) is 34.2. The van der Waals surface area contributed by atoms with Crippen LogP contribution in [0.5, 0.6) is 0 Å². The monoisotopic (exact) mass is 1350 g/mol. The van der Waals surface area contributed by atoms with Crippen molar-refractivity contribution in [3.63, 3.8) is 0 Å². The molecule has 4 aliphatic carbocycles. The molecule has 0 atom stereocenters. The Morgan fingerprint density at radius 1 is 0.450 bits per heavy atom. The highest BCUT2D eigenvalue weighted by atomic mass is 16.5. The summed E-state index contributed by atoms with van der Waals surface area (Å²) in [6.45, 7) is 5.49. The summed E-state index contributed by atoms with van der Waals surface area (Å²) in [5, 5.41) is 106. The number of amides is 3. The molecule has 0 spiro atoms. The lowest BCUT2D eigenvalue weighted by Crippen LogP contribution is -2.41. The lowest BCUT2D eigenvalue weighted by Gasteiger charge is -2.25. The van der Waals surface area contributed by atoms with Crippen molar-refractivity contribution >= 4 is 67.5 Å². The molecule has 4 fully saturated rings. The lowest BCUT2D eigenvalue weighted by atomic mass is 9.93. The Balaban J connectivity index is 0.000000128.